The molecule has 3 rings (SSSR count). The molecular formula is C24H26N2O4. The van der Waals surface area contributed by atoms with E-state index >= 15 is 0 Å². The summed E-state index contributed by atoms with van der Waals surface area (Å²) in [6.45, 7) is 3.19. The first-order chi connectivity index (χ1) is 14.5. The first-order valence-corrected chi connectivity index (χ1v) is 9.85. The Balaban J connectivity index is 1.54. The Morgan fingerprint density at radius 1 is 1.10 bits per heavy atom. The van der Waals surface area contributed by atoms with Gasteiger partial charge in [-0.1, -0.05) is 48.5 Å². The zero-order chi connectivity index (χ0) is 21.3. The molecule has 3 aromatic rings. The topological polar surface area (TPSA) is 91.7 Å². The van der Waals surface area contributed by atoms with Crippen molar-refractivity contribution >= 4 is 5.97 Å². The van der Waals surface area contributed by atoms with Crippen molar-refractivity contribution in [1.82, 2.24) is 10.3 Å². The third-order valence-corrected chi connectivity index (χ3v) is 4.82. The van der Waals surface area contributed by atoms with Crippen LogP contribution in [-0.4, -0.2) is 33.8 Å². The Kier molecular flexibility index (Phi) is 7.54. The molecule has 0 aliphatic heterocycles. The Hall–Kier alpha value is -3.22. The van der Waals surface area contributed by atoms with E-state index in [1.54, 1.807) is 6.20 Å². The summed E-state index contributed by atoms with van der Waals surface area (Å²) in [5, 5.41) is 21.2. The molecule has 0 unspecified atom stereocenters. The Morgan fingerprint density at radius 3 is 2.60 bits per heavy atom. The van der Waals surface area contributed by atoms with Gasteiger partial charge < -0.3 is 20.3 Å². The predicted octanol–water partition coefficient (Wildman–Crippen LogP) is 3.56. The predicted molar refractivity (Wildman–Crippen MR) is 115 cm³/mol. The number of hydrogen-bond donors (Lipinski definition) is 3. The van der Waals surface area contributed by atoms with E-state index in [-0.39, 0.29) is 13.0 Å². The summed E-state index contributed by atoms with van der Waals surface area (Å²) < 4.78 is 5.92. The third kappa shape index (κ3) is 6.14. The molecule has 156 valence electrons. The van der Waals surface area contributed by atoms with Crippen LogP contribution in [0.25, 0.3) is 11.1 Å². The van der Waals surface area contributed by atoms with Gasteiger partial charge in [0.2, 0.25) is 0 Å². The van der Waals surface area contributed by atoms with Crippen LogP contribution in [0.5, 0.6) is 5.75 Å². The first kappa shape index (κ1) is 21.5. The van der Waals surface area contributed by atoms with Crippen LogP contribution in [-0.2, 0) is 17.9 Å². The van der Waals surface area contributed by atoms with Gasteiger partial charge in [0, 0.05) is 13.1 Å². The summed E-state index contributed by atoms with van der Waals surface area (Å²) >= 11 is 0. The molecule has 0 amide bonds. The lowest BCUT2D eigenvalue weighted by molar-refractivity contribution is -0.139. The number of aliphatic hydroxyl groups is 1. The highest BCUT2D eigenvalue weighted by Gasteiger charge is 2.09. The van der Waals surface area contributed by atoms with Crippen LogP contribution in [0.4, 0.5) is 0 Å². The summed E-state index contributed by atoms with van der Waals surface area (Å²) in [6.07, 6.45) is 0.471. The Labute approximate surface area is 176 Å². The van der Waals surface area contributed by atoms with Crippen LogP contribution in [0.2, 0.25) is 0 Å². The lowest BCUT2D eigenvalue weighted by atomic mass is 9.97. The molecule has 0 saturated heterocycles. The van der Waals surface area contributed by atoms with E-state index < -0.39 is 12.1 Å². The molecule has 1 atom stereocenters. The second-order valence-corrected chi connectivity index (χ2v) is 7.11. The van der Waals surface area contributed by atoms with Gasteiger partial charge in [0.15, 0.2) is 0 Å². The molecule has 0 radical (unpaired) electrons. The highest BCUT2D eigenvalue weighted by Crippen LogP contribution is 2.26. The summed E-state index contributed by atoms with van der Waals surface area (Å²) in [5.41, 5.74) is 5.48. The number of carboxylic acids is 1. The normalized spacial score (nSPS) is 11.8. The van der Waals surface area contributed by atoms with E-state index in [0.29, 0.717) is 18.9 Å². The number of ether oxygens (including phenoxy) is 1. The van der Waals surface area contributed by atoms with Crippen LogP contribution in [0.15, 0.2) is 66.9 Å². The number of pyridine rings is 1. The monoisotopic (exact) mass is 406 g/mol. The average molecular weight is 406 g/mol. The number of aromatic nitrogens is 1. The molecule has 0 aliphatic carbocycles. The van der Waals surface area contributed by atoms with Gasteiger partial charge in [-0.2, -0.15) is 0 Å². The maximum Gasteiger partial charge on any atom is 0.306 e. The molecule has 3 N–H and O–H groups in total. The van der Waals surface area contributed by atoms with Crippen molar-refractivity contribution in [3.05, 3.63) is 83.7 Å². The number of aliphatic carboxylic acids is 1. The quantitative estimate of drug-likeness (QED) is 0.477. The number of benzene rings is 2. The molecule has 1 heterocycles. The lowest BCUT2D eigenvalue weighted by Crippen LogP contribution is -2.28. The zero-order valence-electron chi connectivity index (χ0n) is 16.9. The van der Waals surface area contributed by atoms with Crippen molar-refractivity contribution in [2.75, 3.05) is 6.54 Å². The number of carboxylic acid groups (broad SMARTS) is 1. The fourth-order valence-electron chi connectivity index (χ4n) is 3.17. The second kappa shape index (κ2) is 10.5. The maximum absolute atomic E-state index is 10.5. The highest BCUT2D eigenvalue weighted by molar-refractivity contribution is 5.68. The molecule has 0 fully saturated rings. The minimum absolute atomic E-state index is 0.198. The van der Waals surface area contributed by atoms with E-state index in [2.05, 4.69) is 41.5 Å². The molecule has 0 spiro atoms. The molecular weight excluding hydrogens is 380 g/mol. The van der Waals surface area contributed by atoms with Gasteiger partial charge in [-0.3, -0.25) is 9.78 Å². The maximum atomic E-state index is 10.5. The lowest BCUT2D eigenvalue weighted by Gasteiger charge is -2.13. The van der Waals surface area contributed by atoms with Gasteiger partial charge in [-0.05, 0) is 41.3 Å². The average Bonchev–Trinajstić information content (AvgIpc) is 2.74. The minimum Gasteiger partial charge on any atom is -0.487 e. The molecule has 2 aromatic carbocycles. The fraction of sp³-hybridized carbons (Fsp3) is 0.250. The first-order valence-electron chi connectivity index (χ1n) is 9.85. The molecule has 1 aromatic heterocycles. The molecule has 6 nitrogen and oxygen atoms in total. The molecule has 0 bridgehead atoms. The Morgan fingerprint density at radius 2 is 1.90 bits per heavy atom. The summed E-state index contributed by atoms with van der Waals surface area (Å²) in [7, 11) is 0. The van der Waals surface area contributed by atoms with Gasteiger partial charge in [-0.25, -0.2) is 0 Å². The number of nitrogens with zero attached hydrogens (tertiary/aromatic N) is 1. The minimum atomic E-state index is -1.02. The van der Waals surface area contributed by atoms with Crippen molar-refractivity contribution in [2.45, 2.75) is 32.6 Å². The van der Waals surface area contributed by atoms with E-state index in [0.717, 1.165) is 11.3 Å². The van der Waals surface area contributed by atoms with Crippen molar-refractivity contribution in [1.29, 1.82) is 0 Å². The van der Waals surface area contributed by atoms with Crippen molar-refractivity contribution < 1.29 is 19.7 Å². The summed E-state index contributed by atoms with van der Waals surface area (Å²) in [4.78, 5) is 14.9. The van der Waals surface area contributed by atoms with E-state index in [1.165, 1.54) is 16.7 Å². The number of nitrogens with one attached hydrogen (secondary N) is 1. The van der Waals surface area contributed by atoms with Crippen LogP contribution in [0.3, 0.4) is 0 Å². The SMILES string of the molecule is Cc1c(COc2ccc(CNC[C@@H](O)CC(=O)O)nc2)cccc1-c1ccccc1. The van der Waals surface area contributed by atoms with Crippen LogP contribution < -0.4 is 10.1 Å². The smallest absolute Gasteiger partial charge is 0.306 e. The second-order valence-electron chi connectivity index (χ2n) is 7.11. The fourth-order valence-corrected chi connectivity index (χ4v) is 3.17. The van der Waals surface area contributed by atoms with E-state index in [9.17, 15) is 9.90 Å². The third-order valence-electron chi connectivity index (χ3n) is 4.82. The standard InChI is InChI=1S/C24H26N2O4/c1-17-19(8-5-9-23(17)18-6-3-2-4-7-18)16-30-22-11-10-20(26-15-22)13-25-14-21(27)12-24(28)29/h2-11,15,21,25,27H,12-14,16H2,1H3,(H,28,29)/t21-/m0/s1. The van der Waals surface area contributed by atoms with Gasteiger partial charge in [0.05, 0.1) is 24.4 Å². The number of carbonyl (C=O) groups is 1. The van der Waals surface area contributed by atoms with Crippen LogP contribution >= 0.6 is 0 Å². The number of hydrogen-bond acceptors (Lipinski definition) is 5. The highest BCUT2D eigenvalue weighted by atomic mass is 16.5. The van der Waals surface area contributed by atoms with Crippen LogP contribution in [0, 0.1) is 6.92 Å². The molecule has 0 saturated carbocycles. The summed E-state index contributed by atoms with van der Waals surface area (Å²) in [5.74, 6) is -0.345. The summed E-state index contributed by atoms with van der Waals surface area (Å²) in [6, 6.07) is 20.2. The van der Waals surface area contributed by atoms with Crippen molar-refractivity contribution in [2.24, 2.45) is 0 Å². The van der Waals surface area contributed by atoms with E-state index in [4.69, 9.17) is 9.84 Å². The van der Waals surface area contributed by atoms with Gasteiger partial charge in [0.25, 0.3) is 0 Å². The number of aliphatic hydroxyl groups excluding tert-OH is 1. The molecule has 30 heavy (non-hydrogen) atoms. The van der Waals surface area contributed by atoms with Gasteiger partial charge >= 0.3 is 5.97 Å². The van der Waals surface area contributed by atoms with E-state index in [1.807, 2.05) is 36.4 Å². The Bertz CT molecular complexity index is 959. The van der Waals surface area contributed by atoms with Crippen molar-refractivity contribution in [3.8, 4) is 16.9 Å². The van der Waals surface area contributed by atoms with Gasteiger partial charge in [-0.15, -0.1) is 0 Å². The number of rotatable bonds is 10. The van der Waals surface area contributed by atoms with Gasteiger partial charge in [0.1, 0.15) is 12.4 Å². The largest absolute Gasteiger partial charge is 0.487 e. The zero-order valence-corrected chi connectivity index (χ0v) is 16.9. The van der Waals surface area contributed by atoms with Crippen molar-refractivity contribution in [3.63, 3.8) is 0 Å². The molecule has 6 heteroatoms. The van der Waals surface area contributed by atoms with Crippen LogP contribution in [0.1, 0.15) is 23.2 Å². The molecule has 0 aliphatic rings.